The molecule has 1 saturated heterocycles. The van der Waals surface area contributed by atoms with Crippen LogP contribution in [-0.4, -0.2) is 48.9 Å². The number of benzene rings is 1. The smallest absolute Gasteiger partial charge is 0.315 e. The SMILES string of the molecule is CCOc1cc(C2NN=C3CCN(CC)CC32)cc([N+](=O)[O-])c1OC. The molecule has 136 valence electrons. The molecule has 2 unspecified atom stereocenters. The third-order valence-corrected chi connectivity index (χ3v) is 4.88. The van der Waals surface area contributed by atoms with Gasteiger partial charge in [-0.25, -0.2) is 0 Å². The lowest BCUT2D eigenvalue weighted by Gasteiger charge is -2.32. The van der Waals surface area contributed by atoms with Crippen LogP contribution in [0.2, 0.25) is 0 Å². The molecule has 0 aromatic heterocycles. The Bertz CT molecular complexity index is 691. The van der Waals surface area contributed by atoms with Crippen LogP contribution in [-0.2, 0) is 0 Å². The molecule has 0 amide bonds. The zero-order valence-corrected chi connectivity index (χ0v) is 14.8. The maximum atomic E-state index is 11.5. The lowest BCUT2D eigenvalue weighted by atomic mass is 9.86. The minimum atomic E-state index is -0.430. The van der Waals surface area contributed by atoms with Crippen molar-refractivity contribution in [3.05, 3.63) is 27.8 Å². The van der Waals surface area contributed by atoms with E-state index in [1.54, 1.807) is 6.07 Å². The van der Waals surface area contributed by atoms with Gasteiger partial charge in [0, 0.05) is 37.2 Å². The zero-order valence-electron chi connectivity index (χ0n) is 14.8. The molecule has 0 saturated carbocycles. The van der Waals surface area contributed by atoms with Crippen molar-refractivity contribution in [2.75, 3.05) is 33.4 Å². The molecule has 25 heavy (non-hydrogen) atoms. The summed E-state index contributed by atoms with van der Waals surface area (Å²) in [6.07, 6.45) is 0.929. The fourth-order valence-electron chi connectivity index (χ4n) is 3.60. The molecular weight excluding hydrogens is 324 g/mol. The fourth-order valence-corrected chi connectivity index (χ4v) is 3.60. The molecule has 2 aliphatic heterocycles. The van der Waals surface area contributed by atoms with E-state index in [0.717, 1.165) is 37.3 Å². The molecule has 2 heterocycles. The normalized spacial score (nSPS) is 22.8. The quantitative estimate of drug-likeness (QED) is 0.627. The van der Waals surface area contributed by atoms with Crippen molar-refractivity contribution in [2.24, 2.45) is 11.0 Å². The van der Waals surface area contributed by atoms with Gasteiger partial charge in [0.05, 0.1) is 24.7 Å². The summed E-state index contributed by atoms with van der Waals surface area (Å²) in [5.74, 6) is 0.775. The molecule has 2 atom stereocenters. The Balaban J connectivity index is 1.98. The summed E-state index contributed by atoms with van der Waals surface area (Å²) in [4.78, 5) is 13.4. The number of hydrogen-bond donors (Lipinski definition) is 1. The lowest BCUT2D eigenvalue weighted by molar-refractivity contribution is -0.385. The van der Waals surface area contributed by atoms with E-state index in [4.69, 9.17) is 9.47 Å². The molecule has 1 aromatic carbocycles. The van der Waals surface area contributed by atoms with Crippen molar-refractivity contribution >= 4 is 11.4 Å². The van der Waals surface area contributed by atoms with Crippen LogP contribution in [0, 0.1) is 16.0 Å². The Labute approximate surface area is 146 Å². The van der Waals surface area contributed by atoms with Crippen molar-refractivity contribution in [1.29, 1.82) is 0 Å². The standard InChI is InChI=1S/C17H24N4O4/c1-4-20-7-6-13-12(10-20)16(19-18-13)11-8-14(21(22)23)17(24-3)15(9-11)25-5-2/h8-9,12,16,19H,4-7,10H2,1-3H3. The van der Waals surface area contributed by atoms with E-state index in [0.29, 0.717) is 12.4 Å². The Morgan fingerprint density at radius 1 is 1.44 bits per heavy atom. The summed E-state index contributed by atoms with van der Waals surface area (Å²) in [6, 6.07) is 3.31. The molecule has 1 aromatic rings. The van der Waals surface area contributed by atoms with E-state index in [9.17, 15) is 10.1 Å². The molecule has 3 rings (SSSR count). The highest BCUT2D eigenvalue weighted by atomic mass is 16.6. The minimum Gasteiger partial charge on any atom is -0.490 e. The highest BCUT2D eigenvalue weighted by Crippen LogP contribution is 2.42. The molecule has 0 bridgehead atoms. The number of methoxy groups -OCH3 is 1. The number of nitro groups is 1. The monoisotopic (exact) mass is 348 g/mol. The van der Waals surface area contributed by atoms with Crippen molar-refractivity contribution < 1.29 is 14.4 Å². The van der Waals surface area contributed by atoms with Crippen LogP contribution >= 0.6 is 0 Å². The van der Waals surface area contributed by atoms with Crippen LogP contribution in [0.1, 0.15) is 31.9 Å². The first-order valence-corrected chi connectivity index (χ1v) is 8.62. The Morgan fingerprint density at radius 2 is 2.24 bits per heavy atom. The third-order valence-electron chi connectivity index (χ3n) is 4.88. The van der Waals surface area contributed by atoms with Gasteiger partial charge in [-0.1, -0.05) is 6.92 Å². The van der Waals surface area contributed by atoms with Crippen LogP contribution < -0.4 is 14.9 Å². The van der Waals surface area contributed by atoms with Gasteiger partial charge in [0.15, 0.2) is 5.75 Å². The van der Waals surface area contributed by atoms with Crippen LogP contribution in [0.5, 0.6) is 11.5 Å². The fraction of sp³-hybridized carbons (Fsp3) is 0.588. The van der Waals surface area contributed by atoms with Crippen molar-refractivity contribution in [3.63, 3.8) is 0 Å². The summed E-state index contributed by atoms with van der Waals surface area (Å²) < 4.78 is 10.8. The maximum Gasteiger partial charge on any atom is 0.315 e. The largest absolute Gasteiger partial charge is 0.490 e. The summed E-state index contributed by atoms with van der Waals surface area (Å²) in [6.45, 7) is 7.29. The van der Waals surface area contributed by atoms with Crippen LogP contribution in [0.4, 0.5) is 5.69 Å². The van der Waals surface area contributed by atoms with E-state index in [2.05, 4.69) is 22.4 Å². The molecule has 0 spiro atoms. The van der Waals surface area contributed by atoms with Gasteiger partial charge in [-0.15, -0.1) is 0 Å². The average Bonchev–Trinajstić information content (AvgIpc) is 3.04. The van der Waals surface area contributed by atoms with Crippen LogP contribution in [0.3, 0.4) is 0 Å². The van der Waals surface area contributed by atoms with Crippen molar-refractivity contribution in [2.45, 2.75) is 26.3 Å². The summed E-state index contributed by atoms with van der Waals surface area (Å²) in [5, 5.41) is 16.0. The first-order valence-electron chi connectivity index (χ1n) is 8.62. The van der Waals surface area contributed by atoms with E-state index in [1.807, 2.05) is 13.0 Å². The lowest BCUT2D eigenvalue weighted by Crippen LogP contribution is -2.41. The number of hydrazone groups is 1. The zero-order chi connectivity index (χ0) is 18.0. The van der Waals surface area contributed by atoms with E-state index in [-0.39, 0.29) is 23.4 Å². The number of fused-ring (bicyclic) bond motifs is 1. The van der Waals surface area contributed by atoms with Gasteiger partial charge in [-0.3, -0.25) is 10.1 Å². The Morgan fingerprint density at radius 3 is 2.88 bits per heavy atom. The van der Waals surface area contributed by atoms with Gasteiger partial charge in [-0.05, 0) is 25.1 Å². The molecule has 2 aliphatic rings. The molecule has 0 aliphatic carbocycles. The molecule has 0 radical (unpaired) electrons. The first-order chi connectivity index (χ1) is 12.1. The van der Waals surface area contributed by atoms with E-state index < -0.39 is 4.92 Å². The highest BCUT2D eigenvalue weighted by Gasteiger charge is 2.38. The second-order valence-corrected chi connectivity index (χ2v) is 6.22. The van der Waals surface area contributed by atoms with Gasteiger partial charge >= 0.3 is 5.69 Å². The molecule has 8 nitrogen and oxygen atoms in total. The van der Waals surface area contributed by atoms with Crippen molar-refractivity contribution in [3.8, 4) is 11.5 Å². The van der Waals surface area contributed by atoms with E-state index in [1.165, 1.54) is 7.11 Å². The number of ether oxygens (including phenoxy) is 2. The first kappa shape index (κ1) is 17.5. The second-order valence-electron chi connectivity index (χ2n) is 6.22. The van der Waals surface area contributed by atoms with Gasteiger partial charge in [-0.2, -0.15) is 5.10 Å². The summed E-state index contributed by atoms with van der Waals surface area (Å²) in [5.41, 5.74) is 5.04. The second kappa shape index (κ2) is 7.26. The van der Waals surface area contributed by atoms with Gasteiger partial charge in [0.25, 0.3) is 0 Å². The molecule has 8 heteroatoms. The number of hydrogen-bond acceptors (Lipinski definition) is 7. The van der Waals surface area contributed by atoms with Crippen LogP contribution in [0.15, 0.2) is 17.2 Å². The third kappa shape index (κ3) is 3.26. The highest BCUT2D eigenvalue weighted by molar-refractivity contribution is 5.90. The number of nitrogens with zero attached hydrogens (tertiary/aromatic N) is 3. The number of nitro benzene ring substituents is 1. The Kier molecular flexibility index (Phi) is 5.08. The summed E-state index contributed by atoms with van der Waals surface area (Å²) in [7, 11) is 1.42. The molecule has 1 N–H and O–H groups in total. The minimum absolute atomic E-state index is 0.0816. The molecular formula is C17H24N4O4. The van der Waals surface area contributed by atoms with E-state index >= 15 is 0 Å². The van der Waals surface area contributed by atoms with Gasteiger partial charge in [0.1, 0.15) is 0 Å². The topological polar surface area (TPSA) is 89.2 Å². The number of nitrogens with one attached hydrogen (secondary N) is 1. The van der Waals surface area contributed by atoms with Gasteiger partial charge < -0.3 is 19.8 Å². The maximum absolute atomic E-state index is 11.5. The number of rotatable bonds is 6. The number of likely N-dealkylation sites (tertiary alicyclic amines) is 1. The predicted molar refractivity (Wildman–Crippen MR) is 94.4 cm³/mol. The average molecular weight is 348 g/mol. The number of piperidine rings is 1. The van der Waals surface area contributed by atoms with Crippen LogP contribution in [0.25, 0.3) is 0 Å². The molecule has 1 fully saturated rings. The predicted octanol–water partition coefficient (Wildman–Crippen LogP) is 2.34. The Hall–Kier alpha value is -2.35. The van der Waals surface area contributed by atoms with Crippen molar-refractivity contribution in [1.82, 2.24) is 10.3 Å². The van der Waals surface area contributed by atoms with Gasteiger partial charge in [0.2, 0.25) is 5.75 Å². The summed E-state index contributed by atoms with van der Waals surface area (Å²) >= 11 is 0.